The van der Waals surface area contributed by atoms with Crippen molar-refractivity contribution in [3.05, 3.63) is 65.5 Å². The van der Waals surface area contributed by atoms with Gasteiger partial charge in [0.05, 0.1) is 5.75 Å². The predicted molar refractivity (Wildman–Crippen MR) is 97.7 cm³/mol. The van der Waals surface area contributed by atoms with Crippen LogP contribution in [0.15, 0.2) is 48.5 Å². The molecule has 0 heterocycles. The van der Waals surface area contributed by atoms with E-state index in [1.54, 1.807) is 6.07 Å². The van der Waals surface area contributed by atoms with Crippen LogP contribution in [0.3, 0.4) is 0 Å². The third kappa shape index (κ3) is 5.83. The summed E-state index contributed by atoms with van der Waals surface area (Å²) >= 11 is 0. The van der Waals surface area contributed by atoms with Crippen LogP contribution < -0.4 is 9.46 Å². The summed E-state index contributed by atoms with van der Waals surface area (Å²) in [5.74, 6) is -0.176. The molecule has 0 atom stereocenters. The lowest BCUT2D eigenvalue weighted by Crippen LogP contribution is -2.30. The number of ether oxygens (including phenoxy) is 1. The van der Waals surface area contributed by atoms with Crippen molar-refractivity contribution in [3.63, 3.8) is 0 Å². The maximum absolute atomic E-state index is 13.6. The van der Waals surface area contributed by atoms with E-state index < -0.39 is 21.6 Å². The predicted octanol–water partition coefficient (Wildman–Crippen LogP) is 3.62. The van der Waals surface area contributed by atoms with E-state index in [9.17, 15) is 12.8 Å². The zero-order valence-electron chi connectivity index (χ0n) is 14.8. The molecule has 0 radical (unpaired) electrons. The zero-order chi connectivity index (χ0) is 18.5. The molecule has 0 amide bonds. The van der Waals surface area contributed by atoms with Crippen LogP contribution in [0.4, 0.5) is 4.39 Å². The van der Waals surface area contributed by atoms with Gasteiger partial charge >= 0.3 is 0 Å². The zero-order valence-corrected chi connectivity index (χ0v) is 15.6. The Morgan fingerprint density at radius 1 is 1.04 bits per heavy atom. The van der Waals surface area contributed by atoms with Crippen LogP contribution in [0.25, 0.3) is 0 Å². The monoisotopic (exact) mass is 365 g/mol. The molecule has 0 fully saturated rings. The summed E-state index contributed by atoms with van der Waals surface area (Å²) in [6.45, 7) is 6.59. The van der Waals surface area contributed by atoms with Gasteiger partial charge in [-0.25, -0.2) is 17.5 Å². The van der Waals surface area contributed by atoms with Crippen LogP contribution in [-0.4, -0.2) is 21.6 Å². The molecule has 4 nitrogen and oxygen atoms in total. The number of hydrogen-bond acceptors (Lipinski definition) is 3. The molecule has 0 aliphatic rings. The minimum atomic E-state index is -3.62. The van der Waals surface area contributed by atoms with Crippen LogP contribution in [0.5, 0.6) is 5.75 Å². The van der Waals surface area contributed by atoms with Gasteiger partial charge in [0.15, 0.2) is 0 Å². The first kappa shape index (κ1) is 19.4. The lowest BCUT2D eigenvalue weighted by molar-refractivity contribution is 0.314. The van der Waals surface area contributed by atoms with Gasteiger partial charge in [-0.05, 0) is 23.1 Å². The molecule has 0 bridgehead atoms. The van der Waals surface area contributed by atoms with E-state index in [1.807, 2.05) is 24.3 Å². The maximum atomic E-state index is 13.6. The quantitative estimate of drug-likeness (QED) is 0.763. The minimum absolute atomic E-state index is 0.0685. The summed E-state index contributed by atoms with van der Waals surface area (Å²) in [7, 11) is -3.62. The Balaban J connectivity index is 1.90. The standard InChI is InChI=1S/C19H24FNO3S/c1-19(2,3)16-9-5-7-11-18(16)24-13-12-21-25(22,23)14-15-8-4-6-10-17(15)20/h4-11,21H,12-14H2,1-3H3. The fraction of sp³-hybridized carbons (Fsp3) is 0.368. The topological polar surface area (TPSA) is 55.4 Å². The number of nitrogens with one attached hydrogen (secondary N) is 1. The fourth-order valence-electron chi connectivity index (χ4n) is 2.44. The van der Waals surface area contributed by atoms with Gasteiger partial charge in [0.25, 0.3) is 0 Å². The second kappa shape index (κ2) is 7.97. The van der Waals surface area contributed by atoms with E-state index in [-0.39, 0.29) is 24.1 Å². The van der Waals surface area contributed by atoms with Gasteiger partial charge < -0.3 is 4.74 Å². The van der Waals surface area contributed by atoms with E-state index in [1.165, 1.54) is 18.2 Å². The molecule has 0 saturated carbocycles. The van der Waals surface area contributed by atoms with E-state index in [2.05, 4.69) is 25.5 Å². The van der Waals surface area contributed by atoms with Crippen LogP contribution in [0.2, 0.25) is 0 Å². The lowest BCUT2D eigenvalue weighted by Gasteiger charge is -2.22. The summed E-state index contributed by atoms with van der Waals surface area (Å²) in [6.07, 6.45) is 0. The SMILES string of the molecule is CC(C)(C)c1ccccc1OCCNS(=O)(=O)Cc1ccccc1F. The van der Waals surface area contributed by atoms with Gasteiger partial charge in [-0.15, -0.1) is 0 Å². The van der Waals surface area contributed by atoms with E-state index in [4.69, 9.17) is 4.74 Å². The average Bonchev–Trinajstić information content (AvgIpc) is 2.53. The Labute approximate surface area is 149 Å². The number of hydrogen-bond donors (Lipinski definition) is 1. The minimum Gasteiger partial charge on any atom is -0.492 e. The van der Waals surface area contributed by atoms with E-state index in [0.29, 0.717) is 0 Å². The summed E-state index contributed by atoms with van der Waals surface area (Å²) < 4.78 is 45.9. The average molecular weight is 365 g/mol. The second-order valence-corrected chi connectivity index (χ2v) is 8.65. The third-order valence-electron chi connectivity index (χ3n) is 3.68. The first-order chi connectivity index (χ1) is 11.7. The molecule has 2 aromatic rings. The lowest BCUT2D eigenvalue weighted by atomic mass is 9.86. The Morgan fingerprint density at radius 3 is 2.36 bits per heavy atom. The number of para-hydroxylation sites is 1. The molecule has 0 unspecified atom stereocenters. The van der Waals surface area contributed by atoms with Crippen molar-refractivity contribution in [1.82, 2.24) is 4.72 Å². The van der Waals surface area contributed by atoms with Crippen molar-refractivity contribution in [2.45, 2.75) is 31.9 Å². The van der Waals surface area contributed by atoms with Crippen LogP contribution in [-0.2, 0) is 21.2 Å². The van der Waals surface area contributed by atoms with Crippen LogP contribution in [0, 0.1) is 5.82 Å². The highest BCUT2D eigenvalue weighted by Gasteiger charge is 2.18. The molecule has 2 rings (SSSR count). The molecule has 25 heavy (non-hydrogen) atoms. The molecule has 6 heteroatoms. The molecule has 2 aromatic carbocycles. The molecule has 0 spiro atoms. The molecule has 1 N–H and O–H groups in total. The maximum Gasteiger partial charge on any atom is 0.216 e. The third-order valence-corrected chi connectivity index (χ3v) is 5.02. The van der Waals surface area contributed by atoms with Crippen LogP contribution in [0.1, 0.15) is 31.9 Å². The van der Waals surface area contributed by atoms with Crippen molar-refractivity contribution in [3.8, 4) is 5.75 Å². The molecule has 0 aliphatic heterocycles. The summed E-state index contributed by atoms with van der Waals surface area (Å²) in [5.41, 5.74) is 1.14. The number of benzene rings is 2. The van der Waals surface area contributed by atoms with Crippen molar-refractivity contribution in [1.29, 1.82) is 0 Å². The highest BCUT2D eigenvalue weighted by Crippen LogP contribution is 2.30. The summed E-state index contributed by atoms with van der Waals surface area (Å²) in [4.78, 5) is 0. The Hall–Kier alpha value is -1.92. The number of halogens is 1. The normalized spacial score (nSPS) is 12.2. The second-order valence-electron chi connectivity index (χ2n) is 6.84. The molecular weight excluding hydrogens is 341 g/mol. The Bertz CT molecular complexity index is 813. The van der Waals surface area contributed by atoms with Crippen LogP contribution >= 0.6 is 0 Å². The number of rotatable bonds is 7. The van der Waals surface area contributed by atoms with Crippen molar-refractivity contribution in [2.75, 3.05) is 13.2 Å². The smallest absolute Gasteiger partial charge is 0.216 e. The Kier molecular flexibility index (Phi) is 6.19. The largest absolute Gasteiger partial charge is 0.492 e. The van der Waals surface area contributed by atoms with Crippen molar-refractivity contribution < 1.29 is 17.5 Å². The Morgan fingerprint density at radius 2 is 1.68 bits per heavy atom. The van der Waals surface area contributed by atoms with Gasteiger partial charge in [0, 0.05) is 12.1 Å². The van der Waals surface area contributed by atoms with E-state index >= 15 is 0 Å². The fourth-order valence-corrected chi connectivity index (χ4v) is 3.58. The highest BCUT2D eigenvalue weighted by molar-refractivity contribution is 7.88. The highest BCUT2D eigenvalue weighted by atomic mass is 32.2. The van der Waals surface area contributed by atoms with Gasteiger partial charge in [0.1, 0.15) is 18.2 Å². The summed E-state index contributed by atoms with van der Waals surface area (Å²) in [6, 6.07) is 13.5. The summed E-state index contributed by atoms with van der Waals surface area (Å²) in [5, 5.41) is 0. The molecule has 0 aromatic heterocycles. The van der Waals surface area contributed by atoms with Gasteiger partial charge in [0.2, 0.25) is 10.0 Å². The van der Waals surface area contributed by atoms with Gasteiger partial charge in [-0.3, -0.25) is 0 Å². The number of sulfonamides is 1. The molecule has 136 valence electrons. The van der Waals surface area contributed by atoms with E-state index in [0.717, 1.165) is 11.3 Å². The first-order valence-electron chi connectivity index (χ1n) is 8.12. The van der Waals surface area contributed by atoms with Crippen molar-refractivity contribution in [2.24, 2.45) is 0 Å². The molecular formula is C19H24FNO3S. The molecule has 0 aliphatic carbocycles. The molecule has 0 saturated heterocycles. The van der Waals surface area contributed by atoms with Gasteiger partial charge in [-0.1, -0.05) is 57.2 Å². The van der Waals surface area contributed by atoms with Crippen molar-refractivity contribution >= 4 is 10.0 Å². The van der Waals surface area contributed by atoms with Gasteiger partial charge in [-0.2, -0.15) is 0 Å². The first-order valence-corrected chi connectivity index (χ1v) is 9.77.